The van der Waals surface area contributed by atoms with Crippen LogP contribution in [0.15, 0.2) is 9.59 Å². The van der Waals surface area contributed by atoms with Gasteiger partial charge >= 0.3 is 5.69 Å². The second kappa shape index (κ2) is 5.36. The third kappa shape index (κ3) is 2.46. The van der Waals surface area contributed by atoms with Crippen molar-refractivity contribution < 1.29 is 0 Å². The molecular weight excluding hydrogens is 272 g/mol. The average molecular weight is 292 g/mol. The van der Waals surface area contributed by atoms with Gasteiger partial charge < -0.3 is 15.6 Å². The molecule has 0 radical (unpaired) electrons. The van der Waals surface area contributed by atoms with Crippen LogP contribution < -0.4 is 21.9 Å². The minimum absolute atomic E-state index is 0.348. The Bertz CT molecular complexity index is 765. The normalized spacial score (nSPS) is 18.5. The molecule has 114 valence electrons. The van der Waals surface area contributed by atoms with Crippen molar-refractivity contribution in [3.05, 3.63) is 20.8 Å². The smallest absolute Gasteiger partial charge is 0.332 e. The van der Waals surface area contributed by atoms with Gasteiger partial charge in [-0.3, -0.25) is 13.9 Å². The first-order valence-electron chi connectivity index (χ1n) is 7.21. The zero-order valence-corrected chi connectivity index (χ0v) is 12.3. The lowest BCUT2D eigenvalue weighted by Gasteiger charge is -2.09. The standard InChI is InChI=1S/C13H20N6O2/c1-18-10-9(11(20)19(2)13(18)21)16-12(17-10)15-7-5-8-4-3-6-14-8/h8,14H,3-7H2,1-2H3,(H2,15,16,17)/t8-/m0/s1. The second-order valence-corrected chi connectivity index (χ2v) is 5.50. The molecule has 0 aliphatic carbocycles. The van der Waals surface area contributed by atoms with E-state index in [2.05, 4.69) is 20.6 Å². The summed E-state index contributed by atoms with van der Waals surface area (Å²) < 4.78 is 2.45. The number of anilines is 1. The van der Waals surface area contributed by atoms with Crippen LogP contribution in [0.3, 0.4) is 0 Å². The van der Waals surface area contributed by atoms with Crippen molar-refractivity contribution >= 4 is 17.1 Å². The van der Waals surface area contributed by atoms with Gasteiger partial charge in [0, 0.05) is 26.7 Å². The molecule has 0 aromatic carbocycles. The number of nitrogens with one attached hydrogen (secondary N) is 3. The van der Waals surface area contributed by atoms with Crippen LogP contribution in [-0.2, 0) is 14.1 Å². The molecule has 2 aromatic heterocycles. The first kappa shape index (κ1) is 13.9. The van der Waals surface area contributed by atoms with Crippen molar-refractivity contribution in [2.24, 2.45) is 14.1 Å². The molecule has 1 atom stereocenters. The zero-order chi connectivity index (χ0) is 15.0. The van der Waals surface area contributed by atoms with Gasteiger partial charge in [0.1, 0.15) is 0 Å². The lowest BCUT2D eigenvalue weighted by molar-refractivity contribution is 0.574. The number of aromatic nitrogens is 4. The Morgan fingerprint density at radius 3 is 2.86 bits per heavy atom. The summed E-state index contributed by atoms with van der Waals surface area (Å²) in [6.07, 6.45) is 3.44. The number of H-pyrrole nitrogens is 1. The Morgan fingerprint density at radius 1 is 1.33 bits per heavy atom. The molecule has 3 N–H and O–H groups in total. The van der Waals surface area contributed by atoms with Gasteiger partial charge in [0.15, 0.2) is 11.2 Å². The first-order chi connectivity index (χ1) is 10.1. The van der Waals surface area contributed by atoms with E-state index in [1.807, 2.05) is 0 Å². The highest BCUT2D eigenvalue weighted by Crippen LogP contribution is 2.11. The molecule has 3 rings (SSSR count). The topological polar surface area (TPSA) is 96.7 Å². The van der Waals surface area contributed by atoms with Crippen LogP contribution in [0.1, 0.15) is 19.3 Å². The lowest BCUT2D eigenvalue weighted by Crippen LogP contribution is -2.36. The molecule has 8 nitrogen and oxygen atoms in total. The Morgan fingerprint density at radius 2 is 2.14 bits per heavy atom. The molecule has 21 heavy (non-hydrogen) atoms. The average Bonchev–Trinajstić information content (AvgIpc) is 3.12. The van der Waals surface area contributed by atoms with E-state index in [1.54, 1.807) is 7.05 Å². The number of rotatable bonds is 4. The van der Waals surface area contributed by atoms with Crippen LogP contribution in [0.4, 0.5) is 5.95 Å². The quantitative estimate of drug-likeness (QED) is 0.707. The van der Waals surface area contributed by atoms with Crippen LogP contribution >= 0.6 is 0 Å². The van der Waals surface area contributed by atoms with Gasteiger partial charge in [0.25, 0.3) is 5.56 Å². The molecule has 1 aliphatic rings. The molecule has 3 heterocycles. The van der Waals surface area contributed by atoms with Crippen LogP contribution in [-0.4, -0.2) is 38.2 Å². The number of aryl methyl sites for hydroxylation is 1. The third-order valence-corrected chi connectivity index (χ3v) is 4.04. The highest BCUT2D eigenvalue weighted by Gasteiger charge is 2.15. The van der Waals surface area contributed by atoms with Gasteiger partial charge in [-0.1, -0.05) is 0 Å². The van der Waals surface area contributed by atoms with E-state index in [1.165, 1.54) is 24.5 Å². The summed E-state index contributed by atoms with van der Waals surface area (Å²) in [4.78, 5) is 31.1. The summed E-state index contributed by atoms with van der Waals surface area (Å²) >= 11 is 0. The van der Waals surface area contributed by atoms with Gasteiger partial charge in [-0.15, -0.1) is 0 Å². The van der Waals surface area contributed by atoms with Crippen LogP contribution in [0.25, 0.3) is 11.2 Å². The van der Waals surface area contributed by atoms with E-state index >= 15 is 0 Å². The van der Waals surface area contributed by atoms with E-state index in [-0.39, 0.29) is 11.2 Å². The van der Waals surface area contributed by atoms with Crippen molar-refractivity contribution in [2.75, 3.05) is 18.4 Å². The van der Waals surface area contributed by atoms with E-state index in [0.29, 0.717) is 23.2 Å². The maximum atomic E-state index is 12.0. The lowest BCUT2D eigenvalue weighted by atomic mass is 10.2. The largest absolute Gasteiger partial charge is 0.356 e. The van der Waals surface area contributed by atoms with Crippen molar-refractivity contribution in [1.82, 2.24) is 24.4 Å². The number of imidazole rings is 1. The second-order valence-electron chi connectivity index (χ2n) is 5.50. The van der Waals surface area contributed by atoms with Gasteiger partial charge in [0.05, 0.1) is 0 Å². The molecule has 0 bridgehead atoms. The first-order valence-corrected chi connectivity index (χ1v) is 7.21. The van der Waals surface area contributed by atoms with Crippen molar-refractivity contribution in [2.45, 2.75) is 25.3 Å². The summed E-state index contributed by atoms with van der Waals surface area (Å²) in [6.45, 7) is 1.86. The predicted molar refractivity (Wildman–Crippen MR) is 80.7 cm³/mol. The van der Waals surface area contributed by atoms with Crippen molar-refractivity contribution in [1.29, 1.82) is 0 Å². The molecular formula is C13H20N6O2. The Labute approximate surface area is 121 Å². The van der Waals surface area contributed by atoms with E-state index in [0.717, 1.165) is 24.1 Å². The highest BCUT2D eigenvalue weighted by atomic mass is 16.2. The molecule has 0 spiro atoms. The fourth-order valence-corrected chi connectivity index (χ4v) is 2.78. The summed E-state index contributed by atoms with van der Waals surface area (Å²) in [5.74, 6) is 0.529. The molecule has 2 aromatic rings. The summed E-state index contributed by atoms with van der Waals surface area (Å²) in [6, 6.07) is 0.555. The highest BCUT2D eigenvalue weighted by molar-refractivity contribution is 5.72. The number of nitrogens with zero attached hydrogens (tertiary/aromatic N) is 3. The Hall–Kier alpha value is -2.09. The maximum absolute atomic E-state index is 12.0. The predicted octanol–water partition coefficient (Wildman–Crippen LogP) is -0.486. The number of hydrogen-bond acceptors (Lipinski definition) is 5. The van der Waals surface area contributed by atoms with Crippen LogP contribution in [0.5, 0.6) is 0 Å². The van der Waals surface area contributed by atoms with Crippen LogP contribution in [0, 0.1) is 0 Å². The third-order valence-electron chi connectivity index (χ3n) is 4.04. The van der Waals surface area contributed by atoms with E-state index < -0.39 is 0 Å². The van der Waals surface area contributed by atoms with Gasteiger partial charge in [-0.2, -0.15) is 4.98 Å². The maximum Gasteiger partial charge on any atom is 0.332 e. The van der Waals surface area contributed by atoms with Gasteiger partial charge in [0.2, 0.25) is 5.95 Å². The Kier molecular flexibility index (Phi) is 3.54. The Balaban J connectivity index is 1.81. The minimum Gasteiger partial charge on any atom is -0.356 e. The SMILES string of the molecule is Cn1c(=O)c2[nH]c(NCC[C@@H]3CCCN3)nc2n(C)c1=O. The summed E-state index contributed by atoms with van der Waals surface area (Å²) in [5, 5.41) is 6.62. The zero-order valence-electron chi connectivity index (χ0n) is 12.3. The van der Waals surface area contributed by atoms with Crippen molar-refractivity contribution in [3.8, 4) is 0 Å². The minimum atomic E-state index is -0.374. The molecule has 0 unspecified atom stereocenters. The van der Waals surface area contributed by atoms with E-state index in [9.17, 15) is 9.59 Å². The number of aromatic amines is 1. The van der Waals surface area contributed by atoms with Crippen LogP contribution in [0.2, 0.25) is 0 Å². The molecule has 1 aliphatic heterocycles. The molecule has 1 fully saturated rings. The van der Waals surface area contributed by atoms with Gasteiger partial charge in [-0.25, -0.2) is 4.79 Å². The van der Waals surface area contributed by atoms with Crippen molar-refractivity contribution in [3.63, 3.8) is 0 Å². The van der Waals surface area contributed by atoms with E-state index in [4.69, 9.17) is 0 Å². The fraction of sp³-hybridized carbons (Fsp3) is 0.615. The fourth-order valence-electron chi connectivity index (χ4n) is 2.78. The molecule has 0 amide bonds. The molecule has 0 saturated carbocycles. The number of hydrogen-bond donors (Lipinski definition) is 3. The summed E-state index contributed by atoms with van der Waals surface area (Å²) in [7, 11) is 3.07. The molecule has 1 saturated heterocycles. The summed E-state index contributed by atoms with van der Waals surface area (Å²) in [5.41, 5.74) is -0.00232. The monoisotopic (exact) mass is 292 g/mol. The number of fused-ring (bicyclic) bond motifs is 1. The molecule has 8 heteroatoms. The van der Waals surface area contributed by atoms with Gasteiger partial charge in [-0.05, 0) is 25.8 Å².